The first-order chi connectivity index (χ1) is 19.8. The number of hydrogen-bond donors (Lipinski definition) is 2. The van der Waals surface area contributed by atoms with Crippen LogP contribution in [0.5, 0.6) is 11.5 Å². The number of ether oxygens (including phenoxy) is 2. The zero-order valence-electron chi connectivity index (χ0n) is 21.4. The van der Waals surface area contributed by atoms with Gasteiger partial charge in [0.05, 0.1) is 18.2 Å². The number of amides is 2. The molecule has 0 aliphatic carbocycles. The third kappa shape index (κ3) is 7.11. The highest BCUT2D eigenvalue weighted by atomic mass is 35.5. The van der Waals surface area contributed by atoms with Gasteiger partial charge in [-0.1, -0.05) is 35.9 Å². The molecule has 0 radical (unpaired) electrons. The van der Waals surface area contributed by atoms with E-state index in [9.17, 15) is 24.5 Å². The maximum Gasteiger partial charge on any atom is 0.347 e. The number of esters is 1. The summed E-state index contributed by atoms with van der Waals surface area (Å²) in [5, 5.41) is 18.5. The van der Waals surface area contributed by atoms with E-state index in [1.807, 2.05) is 0 Å². The van der Waals surface area contributed by atoms with Crippen LogP contribution in [-0.2, 0) is 0 Å². The summed E-state index contributed by atoms with van der Waals surface area (Å²) in [4.78, 5) is 48.7. The molecule has 4 rings (SSSR count). The maximum atomic E-state index is 12.9. The summed E-state index contributed by atoms with van der Waals surface area (Å²) in [6.07, 6.45) is 1.11. The average molecular weight is 573 g/mol. The summed E-state index contributed by atoms with van der Waals surface area (Å²) in [7, 11) is 1.35. The lowest BCUT2D eigenvalue weighted by atomic mass is 10.1. The number of halogens is 1. The summed E-state index contributed by atoms with van der Waals surface area (Å²) in [5.74, 6) is -2.06. The summed E-state index contributed by atoms with van der Waals surface area (Å²) >= 11 is 5.99. The Bertz CT molecular complexity index is 1640. The van der Waals surface area contributed by atoms with Gasteiger partial charge in [-0.3, -0.25) is 19.7 Å². The Labute approximate surface area is 238 Å². The predicted molar refractivity (Wildman–Crippen MR) is 152 cm³/mol. The average Bonchev–Trinajstić information content (AvgIpc) is 2.98. The number of nitro benzene ring substituents is 1. The first-order valence-corrected chi connectivity index (χ1v) is 12.3. The lowest BCUT2D eigenvalue weighted by molar-refractivity contribution is -0.385. The van der Waals surface area contributed by atoms with E-state index in [0.717, 1.165) is 12.3 Å². The van der Waals surface area contributed by atoms with Gasteiger partial charge in [0, 0.05) is 33.5 Å². The molecule has 0 unspecified atom stereocenters. The Morgan fingerprint density at radius 3 is 2.29 bits per heavy atom. The first-order valence-electron chi connectivity index (χ1n) is 11.9. The van der Waals surface area contributed by atoms with Gasteiger partial charge in [-0.2, -0.15) is 5.10 Å². The number of anilines is 1. The molecule has 4 aromatic rings. The summed E-state index contributed by atoms with van der Waals surface area (Å²) in [6.45, 7) is 0. The van der Waals surface area contributed by atoms with Crippen molar-refractivity contribution >= 4 is 47.0 Å². The van der Waals surface area contributed by atoms with Crippen LogP contribution in [0.1, 0.15) is 36.6 Å². The van der Waals surface area contributed by atoms with Gasteiger partial charge in [-0.15, -0.1) is 0 Å². The number of hydrazone groups is 1. The van der Waals surface area contributed by atoms with Crippen LogP contribution in [0.15, 0.2) is 96.1 Å². The van der Waals surface area contributed by atoms with Crippen molar-refractivity contribution in [3.05, 3.63) is 128 Å². The van der Waals surface area contributed by atoms with E-state index in [1.54, 1.807) is 42.5 Å². The number of nitrogens with one attached hydrogen (secondary N) is 2. The van der Waals surface area contributed by atoms with Gasteiger partial charge in [0.25, 0.3) is 11.8 Å². The molecule has 0 spiro atoms. The summed E-state index contributed by atoms with van der Waals surface area (Å²) in [5.41, 5.74) is 3.03. The highest BCUT2D eigenvalue weighted by Gasteiger charge is 2.24. The van der Waals surface area contributed by atoms with Gasteiger partial charge in [0.1, 0.15) is 11.3 Å². The van der Waals surface area contributed by atoms with Crippen molar-refractivity contribution in [2.45, 2.75) is 0 Å². The molecule has 0 heterocycles. The van der Waals surface area contributed by atoms with Gasteiger partial charge in [0.2, 0.25) is 5.75 Å². The number of hydrogen-bond acceptors (Lipinski definition) is 8. The molecule has 4 aromatic carbocycles. The minimum atomic E-state index is -0.947. The zero-order valence-corrected chi connectivity index (χ0v) is 22.1. The highest BCUT2D eigenvalue weighted by molar-refractivity contribution is 6.31. The molecule has 206 valence electrons. The molecule has 0 fully saturated rings. The number of carbonyl (C=O) groups is 3. The second kappa shape index (κ2) is 13.0. The SMILES string of the molecule is COc1ccc(Cl)cc1C(=O)Oc1c(/C=N/NC(=O)c2ccc(NC(=O)c3ccccc3)cc2)cccc1[N+](=O)[O-]. The Balaban J connectivity index is 1.47. The third-order valence-electron chi connectivity index (χ3n) is 5.61. The lowest BCUT2D eigenvalue weighted by Gasteiger charge is -2.11. The van der Waals surface area contributed by atoms with E-state index in [0.29, 0.717) is 11.3 Å². The molecule has 0 atom stereocenters. The van der Waals surface area contributed by atoms with E-state index >= 15 is 0 Å². The first kappa shape index (κ1) is 28.5. The van der Waals surface area contributed by atoms with Gasteiger partial charge in [-0.05, 0) is 60.7 Å². The third-order valence-corrected chi connectivity index (χ3v) is 5.84. The van der Waals surface area contributed by atoms with Crippen molar-refractivity contribution < 1.29 is 28.8 Å². The second-order valence-corrected chi connectivity index (χ2v) is 8.72. The molecule has 0 aliphatic heterocycles. The molecule has 2 amide bonds. The monoisotopic (exact) mass is 572 g/mol. The van der Waals surface area contributed by atoms with Gasteiger partial charge >= 0.3 is 11.7 Å². The van der Waals surface area contributed by atoms with E-state index in [2.05, 4.69) is 15.8 Å². The van der Waals surface area contributed by atoms with Crippen LogP contribution in [0.4, 0.5) is 11.4 Å². The minimum absolute atomic E-state index is 0.0438. The molecule has 0 aliphatic rings. The lowest BCUT2D eigenvalue weighted by Crippen LogP contribution is -2.18. The van der Waals surface area contributed by atoms with Gasteiger partial charge in [-0.25, -0.2) is 10.2 Å². The molecule has 12 heteroatoms. The molecule has 0 aromatic heterocycles. The van der Waals surface area contributed by atoms with Crippen LogP contribution in [0, 0.1) is 10.1 Å². The van der Waals surface area contributed by atoms with Crippen LogP contribution in [0.3, 0.4) is 0 Å². The quantitative estimate of drug-likeness (QED) is 0.0884. The number of benzene rings is 4. The van der Waals surface area contributed by atoms with Crippen molar-refractivity contribution in [2.24, 2.45) is 5.10 Å². The van der Waals surface area contributed by atoms with Crippen LogP contribution in [0.2, 0.25) is 5.02 Å². The Morgan fingerprint density at radius 1 is 0.902 bits per heavy atom. The maximum absolute atomic E-state index is 12.9. The normalized spacial score (nSPS) is 10.6. The molecule has 0 saturated carbocycles. The number of methoxy groups -OCH3 is 1. The van der Waals surface area contributed by atoms with Crippen LogP contribution in [0.25, 0.3) is 0 Å². The topological polar surface area (TPSA) is 149 Å². The van der Waals surface area contributed by atoms with Crippen molar-refractivity contribution in [3.63, 3.8) is 0 Å². The van der Waals surface area contributed by atoms with Crippen molar-refractivity contribution in [1.29, 1.82) is 0 Å². The van der Waals surface area contributed by atoms with Crippen molar-refractivity contribution in [1.82, 2.24) is 5.43 Å². The molecule has 11 nitrogen and oxygen atoms in total. The van der Waals surface area contributed by atoms with Crippen molar-refractivity contribution in [2.75, 3.05) is 12.4 Å². The van der Waals surface area contributed by atoms with E-state index in [1.165, 1.54) is 49.6 Å². The summed E-state index contributed by atoms with van der Waals surface area (Å²) in [6, 6.07) is 23.0. The van der Waals surface area contributed by atoms with Crippen LogP contribution >= 0.6 is 11.6 Å². The molecule has 0 saturated heterocycles. The Hall–Kier alpha value is -5.55. The van der Waals surface area contributed by atoms with Gasteiger partial charge < -0.3 is 14.8 Å². The number of para-hydroxylation sites is 1. The smallest absolute Gasteiger partial charge is 0.347 e. The second-order valence-electron chi connectivity index (χ2n) is 8.28. The number of rotatable bonds is 9. The van der Waals surface area contributed by atoms with E-state index < -0.39 is 22.5 Å². The number of nitro groups is 1. The molecular formula is C29H21ClN4O7. The standard InChI is InChI=1S/C29H21ClN4O7/c1-40-25-15-12-21(30)16-23(25)29(37)41-26-20(8-5-9-24(26)34(38)39)17-31-33-28(36)19-10-13-22(14-11-19)32-27(35)18-6-3-2-4-7-18/h2-17H,1H3,(H,32,35)(H,33,36)/b31-17+. The van der Waals surface area contributed by atoms with Gasteiger partial charge in [0.15, 0.2) is 0 Å². The number of carbonyl (C=O) groups excluding carboxylic acids is 3. The molecule has 2 N–H and O–H groups in total. The van der Waals surface area contributed by atoms with Crippen LogP contribution < -0.4 is 20.2 Å². The van der Waals surface area contributed by atoms with E-state index in [-0.39, 0.29) is 39.1 Å². The summed E-state index contributed by atoms with van der Waals surface area (Å²) < 4.78 is 10.5. The fourth-order valence-electron chi connectivity index (χ4n) is 3.61. The molecular weight excluding hydrogens is 552 g/mol. The van der Waals surface area contributed by atoms with Crippen LogP contribution in [-0.4, -0.2) is 36.0 Å². The largest absolute Gasteiger partial charge is 0.496 e. The fourth-order valence-corrected chi connectivity index (χ4v) is 3.78. The Morgan fingerprint density at radius 2 is 1.61 bits per heavy atom. The predicted octanol–water partition coefficient (Wildman–Crippen LogP) is 5.49. The highest BCUT2D eigenvalue weighted by Crippen LogP contribution is 2.32. The minimum Gasteiger partial charge on any atom is -0.496 e. The van der Waals surface area contributed by atoms with Crippen molar-refractivity contribution in [3.8, 4) is 11.5 Å². The molecule has 0 bridgehead atoms. The Kier molecular flexibility index (Phi) is 9.02. The fraction of sp³-hybridized carbons (Fsp3) is 0.0345. The number of nitrogens with zero attached hydrogens (tertiary/aromatic N) is 2. The van der Waals surface area contributed by atoms with E-state index in [4.69, 9.17) is 21.1 Å². The molecule has 41 heavy (non-hydrogen) atoms. The zero-order chi connectivity index (χ0) is 29.4.